The molecule has 0 unspecified atom stereocenters. The highest BCUT2D eigenvalue weighted by Crippen LogP contribution is 2.16. The number of carbonyl (C=O) groups excluding carboxylic acids is 1. The van der Waals surface area contributed by atoms with Gasteiger partial charge in [-0.1, -0.05) is 12.1 Å². The zero-order chi connectivity index (χ0) is 13.0. The van der Waals surface area contributed by atoms with Crippen LogP contribution in [0, 0.1) is 11.7 Å². The van der Waals surface area contributed by atoms with E-state index in [0.717, 1.165) is 24.9 Å². The zero-order valence-electron chi connectivity index (χ0n) is 11.0. The second-order valence-corrected chi connectivity index (χ2v) is 4.92. The molecule has 2 N–H and O–H groups in total. The van der Waals surface area contributed by atoms with Gasteiger partial charge in [0.05, 0.1) is 0 Å². The minimum atomic E-state index is -0.253. The Bertz CT molecular complexity index is 410. The summed E-state index contributed by atoms with van der Waals surface area (Å²) in [5, 5.41) is 6.24. The molecule has 1 aromatic rings. The van der Waals surface area contributed by atoms with Crippen LogP contribution in [0.1, 0.15) is 25.3 Å². The maximum atomic E-state index is 12.7. The van der Waals surface area contributed by atoms with Crippen LogP contribution in [0.3, 0.4) is 0 Å². The number of benzene rings is 1. The van der Waals surface area contributed by atoms with Crippen molar-refractivity contribution in [3.8, 4) is 0 Å². The van der Waals surface area contributed by atoms with Crippen LogP contribution in [0.2, 0.25) is 0 Å². The third-order valence-corrected chi connectivity index (χ3v) is 3.37. The Balaban J connectivity index is 0.00000180. The smallest absolute Gasteiger partial charge is 0.223 e. The molecule has 3 nitrogen and oxygen atoms in total. The summed E-state index contributed by atoms with van der Waals surface area (Å²) >= 11 is 0. The maximum absolute atomic E-state index is 12.7. The van der Waals surface area contributed by atoms with Crippen LogP contribution in [-0.2, 0) is 11.3 Å². The van der Waals surface area contributed by atoms with E-state index in [1.54, 1.807) is 12.1 Å². The van der Waals surface area contributed by atoms with Crippen molar-refractivity contribution in [2.75, 3.05) is 6.54 Å². The normalized spacial score (nSPS) is 22.4. The van der Waals surface area contributed by atoms with E-state index in [1.165, 1.54) is 12.1 Å². The van der Waals surface area contributed by atoms with Crippen LogP contribution in [0.25, 0.3) is 0 Å². The molecule has 1 aromatic carbocycles. The van der Waals surface area contributed by atoms with Gasteiger partial charge in [-0.25, -0.2) is 4.39 Å². The molecule has 0 aromatic heterocycles. The summed E-state index contributed by atoms with van der Waals surface area (Å²) in [5.74, 6) is -0.0494. The molecule has 2 rings (SSSR count). The molecule has 1 fully saturated rings. The molecule has 2 atom stereocenters. The van der Waals surface area contributed by atoms with E-state index in [0.29, 0.717) is 12.6 Å². The molecule has 5 heteroatoms. The van der Waals surface area contributed by atoms with Crippen molar-refractivity contribution in [1.82, 2.24) is 10.6 Å². The van der Waals surface area contributed by atoms with Gasteiger partial charge in [0.1, 0.15) is 5.82 Å². The first kappa shape index (κ1) is 15.9. The summed E-state index contributed by atoms with van der Waals surface area (Å²) in [4.78, 5) is 12.0. The lowest BCUT2D eigenvalue weighted by atomic mass is 9.92. The standard InChI is InChI=1S/C14H19FN2O.ClH/c1-10-8-12(6-7-16-10)14(18)17-9-11-2-4-13(15)5-3-11;/h2-5,10,12,16H,6-9H2,1H3,(H,17,18);1H/t10-,12-;/m0./s1. The molecule has 19 heavy (non-hydrogen) atoms. The fourth-order valence-corrected chi connectivity index (χ4v) is 2.31. The second-order valence-electron chi connectivity index (χ2n) is 4.92. The van der Waals surface area contributed by atoms with Crippen molar-refractivity contribution < 1.29 is 9.18 Å². The average Bonchev–Trinajstić information content (AvgIpc) is 2.38. The topological polar surface area (TPSA) is 41.1 Å². The molecule has 1 heterocycles. The Morgan fingerprint density at radius 2 is 2.11 bits per heavy atom. The Hall–Kier alpha value is -1.13. The summed E-state index contributed by atoms with van der Waals surface area (Å²) < 4.78 is 12.7. The number of piperidine rings is 1. The van der Waals surface area contributed by atoms with Gasteiger partial charge in [0.15, 0.2) is 0 Å². The first-order valence-electron chi connectivity index (χ1n) is 6.40. The van der Waals surface area contributed by atoms with Gasteiger partial charge in [0.2, 0.25) is 5.91 Å². The van der Waals surface area contributed by atoms with Crippen LogP contribution in [0.5, 0.6) is 0 Å². The Kier molecular flexibility index (Phi) is 6.25. The number of hydrogen-bond acceptors (Lipinski definition) is 2. The Morgan fingerprint density at radius 3 is 2.74 bits per heavy atom. The van der Waals surface area contributed by atoms with Gasteiger partial charge < -0.3 is 10.6 Å². The maximum Gasteiger partial charge on any atom is 0.223 e. The number of halogens is 2. The van der Waals surface area contributed by atoms with Crippen LogP contribution in [0.4, 0.5) is 4.39 Å². The summed E-state index contributed by atoms with van der Waals surface area (Å²) in [6.07, 6.45) is 1.77. The summed E-state index contributed by atoms with van der Waals surface area (Å²) in [6, 6.07) is 6.61. The third kappa shape index (κ3) is 4.80. The molecule has 1 aliphatic rings. The highest BCUT2D eigenvalue weighted by atomic mass is 35.5. The predicted octanol–water partition coefficient (Wildman–Crippen LogP) is 2.25. The Morgan fingerprint density at radius 1 is 1.42 bits per heavy atom. The molecular weight excluding hydrogens is 267 g/mol. The van der Waals surface area contributed by atoms with Crippen molar-refractivity contribution in [2.24, 2.45) is 5.92 Å². The van der Waals surface area contributed by atoms with Crippen molar-refractivity contribution in [2.45, 2.75) is 32.4 Å². The molecule has 1 amide bonds. The van der Waals surface area contributed by atoms with Gasteiger partial charge >= 0.3 is 0 Å². The van der Waals surface area contributed by atoms with Crippen molar-refractivity contribution in [3.05, 3.63) is 35.6 Å². The molecule has 1 saturated heterocycles. The molecule has 0 aliphatic carbocycles. The van der Waals surface area contributed by atoms with Crippen LogP contribution in [0.15, 0.2) is 24.3 Å². The van der Waals surface area contributed by atoms with Gasteiger partial charge in [-0.3, -0.25) is 4.79 Å². The van der Waals surface area contributed by atoms with Crippen LogP contribution >= 0.6 is 12.4 Å². The van der Waals surface area contributed by atoms with Crippen molar-refractivity contribution in [3.63, 3.8) is 0 Å². The fourth-order valence-electron chi connectivity index (χ4n) is 2.31. The van der Waals surface area contributed by atoms with E-state index in [9.17, 15) is 9.18 Å². The van der Waals surface area contributed by atoms with E-state index < -0.39 is 0 Å². The fraction of sp³-hybridized carbons (Fsp3) is 0.500. The van der Waals surface area contributed by atoms with E-state index >= 15 is 0 Å². The van der Waals surface area contributed by atoms with Crippen LogP contribution < -0.4 is 10.6 Å². The molecular formula is C14H20ClFN2O. The first-order valence-corrected chi connectivity index (χ1v) is 6.40. The van der Waals surface area contributed by atoms with Gasteiger partial charge in [0.25, 0.3) is 0 Å². The number of hydrogen-bond donors (Lipinski definition) is 2. The van der Waals surface area contributed by atoms with Crippen molar-refractivity contribution >= 4 is 18.3 Å². The Labute approximate surface area is 119 Å². The van der Waals surface area contributed by atoms with Gasteiger partial charge in [-0.2, -0.15) is 0 Å². The lowest BCUT2D eigenvalue weighted by molar-refractivity contribution is -0.126. The number of carbonyl (C=O) groups is 1. The van der Waals surface area contributed by atoms with E-state index in [2.05, 4.69) is 17.6 Å². The summed E-state index contributed by atoms with van der Waals surface area (Å²) in [5.41, 5.74) is 0.923. The number of nitrogens with one attached hydrogen (secondary N) is 2. The largest absolute Gasteiger partial charge is 0.352 e. The van der Waals surface area contributed by atoms with E-state index in [-0.39, 0.29) is 30.0 Å². The van der Waals surface area contributed by atoms with Gasteiger partial charge in [-0.05, 0) is 44.0 Å². The molecule has 0 saturated carbocycles. The minimum absolute atomic E-state index is 0. The quantitative estimate of drug-likeness (QED) is 0.895. The molecule has 106 valence electrons. The third-order valence-electron chi connectivity index (χ3n) is 3.37. The van der Waals surface area contributed by atoms with Crippen molar-refractivity contribution in [1.29, 1.82) is 0 Å². The predicted molar refractivity (Wildman–Crippen MR) is 75.7 cm³/mol. The number of rotatable bonds is 3. The molecule has 1 aliphatic heterocycles. The summed E-state index contributed by atoms with van der Waals surface area (Å²) in [6.45, 7) is 3.46. The summed E-state index contributed by atoms with van der Waals surface area (Å²) in [7, 11) is 0. The second kappa shape index (κ2) is 7.46. The average molecular weight is 287 g/mol. The highest BCUT2D eigenvalue weighted by Gasteiger charge is 2.24. The lowest BCUT2D eigenvalue weighted by Crippen LogP contribution is -2.42. The van der Waals surface area contributed by atoms with Crippen LogP contribution in [-0.4, -0.2) is 18.5 Å². The monoisotopic (exact) mass is 286 g/mol. The first-order chi connectivity index (χ1) is 8.65. The minimum Gasteiger partial charge on any atom is -0.352 e. The SMILES string of the molecule is C[C@H]1C[C@@H](C(=O)NCc2ccc(F)cc2)CCN1.Cl. The molecule has 0 bridgehead atoms. The molecule has 0 radical (unpaired) electrons. The van der Waals surface area contributed by atoms with Gasteiger partial charge in [0, 0.05) is 18.5 Å². The van der Waals surface area contributed by atoms with E-state index in [4.69, 9.17) is 0 Å². The lowest BCUT2D eigenvalue weighted by Gasteiger charge is -2.27. The van der Waals surface area contributed by atoms with E-state index in [1.807, 2.05) is 0 Å². The van der Waals surface area contributed by atoms with Gasteiger partial charge in [-0.15, -0.1) is 12.4 Å². The number of amides is 1. The molecule has 0 spiro atoms. The zero-order valence-corrected chi connectivity index (χ0v) is 11.8. The highest BCUT2D eigenvalue weighted by molar-refractivity contribution is 5.85.